The van der Waals surface area contributed by atoms with Crippen LogP contribution in [0, 0.1) is 0 Å². The summed E-state index contributed by atoms with van der Waals surface area (Å²) in [6, 6.07) is 8.22. The SMILES string of the molecule is C=CCN(C)C1(c2ccc(OC)cc2)COC1. The number of hydrogen-bond acceptors (Lipinski definition) is 3. The average molecular weight is 233 g/mol. The maximum Gasteiger partial charge on any atom is 0.118 e. The van der Waals surface area contributed by atoms with Gasteiger partial charge in [0.15, 0.2) is 0 Å². The van der Waals surface area contributed by atoms with Crippen molar-refractivity contribution >= 4 is 0 Å². The normalized spacial score (nSPS) is 17.6. The number of methoxy groups -OCH3 is 1. The van der Waals surface area contributed by atoms with Crippen molar-refractivity contribution in [2.45, 2.75) is 5.54 Å². The van der Waals surface area contributed by atoms with E-state index in [-0.39, 0.29) is 5.54 Å². The molecule has 17 heavy (non-hydrogen) atoms. The molecule has 0 radical (unpaired) electrons. The molecule has 1 aromatic rings. The lowest BCUT2D eigenvalue weighted by molar-refractivity contribution is -0.135. The molecule has 0 saturated carbocycles. The summed E-state index contributed by atoms with van der Waals surface area (Å²) in [5.74, 6) is 0.885. The third-order valence-electron chi connectivity index (χ3n) is 3.44. The summed E-state index contributed by atoms with van der Waals surface area (Å²) < 4.78 is 10.6. The van der Waals surface area contributed by atoms with Crippen molar-refractivity contribution in [3.8, 4) is 5.75 Å². The molecule has 92 valence electrons. The Morgan fingerprint density at radius 1 is 1.41 bits per heavy atom. The van der Waals surface area contributed by atoms with E-state index < -0.39 is 0 Å². The Bertz CT molecular complexity index is 382. The zero-order valence-electron chi connectivity index (χ0n) is 10.5. The van der Waals surface area contributed by atoms with E-state index in [0.29, 0.717) is 0 Å². The van der Waals surface area contributed by atoms with Crippen molar-refractivity contribution in [2.24, 2.45) is 0 Å². The van der Waals surface area contributed by atoms with Crippen LogP contribution in [0.5, 0.6) is 5.75 Å². The van der Waals surface area contributed by atoms with Crippen LogP contribution in [0.25, 0.3) is 0 Å². The summed E-state index contributed by atoms with van der Waals surface area (Å²) in [6.45, 7) is 6.13. The minimum Gasteiger partial charge on any atom is -0.497 e. The molecular formula is C14H19NO2. The number of nitrogens with zero attached hydrogens (tertiary/aromatic N) is 1. The second-order valence-electron chi connectivity index (χ2n) is 4.42. The highest BCUT2D eigenvalue weighted by Gasteiger charge is 2.43. The monoisotopic (exact) mass is 233 g/mol. The molecule has 0 aliphatic carbocycles. The van der Waals surface area contributed by atoms with E-state index in [9.17, 15) is 0 Å². The second kappa shape index (κ2) is 4.90. The lowest BCUT2D eigenvalue weighted by atomic mass is 9.86. The molecule has 1 aliphatic heterocycles. The molecule has 3 heteroatoms. The van der Waals surface area contributed by atoms with Gasteiger partial charge in [-0.05, 0) is 24.7 Å². The van der Waals surface area contributed by atoms with Crippen LogP contribution >= 0.6 is 0 Å². The molecule has 1 fully saturated rings. The number of ether oxygens (including phenoxy) is 2. The maximum atomic E-state index is 5.41. The van der Waals surface area contributed by atoms with E-state index >= 15 is 0 Å². The molecule has 1 aliphatic rings. The van der Waals surface area contributed by atoms with Crippen LogP contribution in [-0.2, 0) is 10.3 Å². The van der Waals surface area contributed by atoms with E-state index in [0.717, 1.165) is 25.5 Å². The highest BCUT2D eigenvalue weighted by Crippen LogP contribution is 2.35. The van der Waals surface area contributed by atoms with Gasteiger partial charge in [0.2, 0.25) is 0 Å². The molecule has 0 amide bonds. The van der Waals surface area contributed by atoms with Crippen LogP contribution < -0.4 is 4.74 Å². The predicted octanol–water partition coefficient (Wildman–Crippen LogP) is 2.04. The zero-order valence-corrected chi connectivity index (χ0v) is 10.5. The fraction of sp³-hybridized carbons (Fsp3) is 0.429. The molecule has 0 atom stereocenters. The van der Waals surface area contributed by atoms with Gasteiger partial charge in [-0.25, -0.2) is 0 Å². The maximum absolute atomic E-state index is 5.41. The minimum atomic E-state index is 0.000458. The van der Waals surface area contributed by atoms with E-state index in [2.05, 4.69) is 30.7 Å². The molecular weight excluding hydrogens is 214 g/mol. The molecule has 0 N–H and O–H groups in total. The first-order valence-electron chi connectivity index (χ1n) is 5.77. The van der Waals surface area contributed by atoms with Crippen molar-refractivity contribution in [2.75, 3.05) is 33.9 Å². The van der Waals surface area contributed by atoms with E-state index in [1.165, 1.54) is 5.56 Å². The Kier molecular flexibility index (Phi) is 3.50. The first kappa shape index (κ1) is 12.1. The van der Waals surface area contributed by atoms with Gasteiger partial charge in [0.1, 0.15) is 5.75 Å². The third-order valence-corrected chi connectivity index (χ3v) is 3.44. The smallest absolute Gasteiger partial charge is 0.118 e. The van der Waals surface area contributed by atoms with E-state index in [4.69, 9.17) is 9.47 Å². The molecule has 0 bridgehead atoms. The zero-order chi connectivity index (χ0) is 12.3. The fourth-order valence-corrected chi connectivity index (χ4v) is 2.17. The van der Waals surface area contributed by atoms with Crippen LogP contribution in [0.15, 0.2) is 36.9 Å². The van der Waals surface area contributed by atoms with Crippen LogP contribution in [0.1, 0.15) is 5.56 Å². The summed E-state index contributed by atoms with van der Waals surface area (Å²) in [6.07, 6.45) is 1.92. The molecule has 1 saturated heterocycles. The Morgan fingerprint density at radius 3 is 2.47 bits per heavy atom. The Hall–Kier alpha value is -1.32. The van der Waals surface area contributed by atoms with Crippen molar-refractivity contribution in [1.82, 2.24) is 4.90 Å². The number of hydrogen-bond donors (Lipinski definition) is 0. The van der Waals surface area contributed by atoms with Crippen LogP contribution in [0.3, 0.4) is 0 Å². The minimum absolute atomic E-state index is 0.000458. The molecule has 1 heterocycles. The largest absolute Gasteiger partial charge is 0.497 e. The van der Waals surface area contributed by atoms with Crippen LogP contribution in [0.2, 0.25) is 0 Å². The van der Waals surface area contributed by atoms with Gasteiger partial charge in [0, 0.05) is 6.54 Å². The lowest BCUT2D eigenvalue weighted by Gasteiger charge is -2.48. The van der Waals surface area contributed by atoms with Gasteiger partial charge in [-0.3, -0.25) is 4.90 Å². The molecule has 0 aromatic heterocycles. The summed E-state index contributed by atoms with van der Waals surface area (Å²) in [5.41, 5.74) is 1.27. The van der Waals surface area contributed by atoms with Gasteiger partial charge in [-0.1, -0.05) is 18.2 Å². The first-order chi connectivity index (χ1) is 8.23. The first-order valence-corrected chi connectivity index (χ1v) is 5.77. The molecule has 1 aromatic carbocycles. The third kappa shape index (κ3) is 2.08. The number of likely N-dealkylation sites (N-methyl/N-ethyl adjacent to an activating group) is 1. The molecule has 3 nitrogen and oxygen atoms in total. The van der Waals surface area contributed by atoms with Gasteiger partial charge < -0.3 is 9.47 Å². The number of benzene rings is 1. The van der Waals surface area contributed by atoms with Crippen molar-refractivity contribution < 1.29 is 9.47 Å². The van der Waals surface area contributed by atoms with Crippen molar-refractivity contribution in [3.63, 3.8) is 0 Å². The summed E-state index contributed by atoms with van der Waals surface area (Å²) in [7, 11) is 3.79. The standard InChI is InChI=1S/C14H19NO2/c1-4-9-15(2)14(10-17-11-14)12-5-7-13(16-3)8-6-12/h4-8H,1,9-11H2,2-3H3. The Labute approximate surface area is 103 Å². The van der Waals surface area contributed by atoms with Gasteiger partial charge in [-0.15, -0.1) is 6.58 Å². The fourth-order valence-electron chi connectivity index (χ4n) is 2.17. The molecule has 0 unspecified atom stereocenters. The second-order valence-corrected chi connectivity index (χ2v) is 4.42. The highest BCUT2D eigenvalue weighted by molar-refractivity contribution is 5.33. The summed E-state index contributed by atoms with van der Waals surface area (Å²) in [4.78, 5) is 2.28. The quantitative estimate of drug-likeness (QED) is 0.726. The predicted molar refractivity (Wildman–Crippen MR) is 68.3 cm³/mol. The summed E-state index contributed by atoms with van der Waals surface area (Å²) in [5, 5.41) is 0. The Balaban J connectivity index is 2.24. The van der Waals surface area contributed by atoms with Crippen LogP contribution in [0.4, 0.5) is 0 Å². The van der Waals surface area contributed by atoms with Gasteiger partial charge >= 0.3 is 0 Å². The highest BCUT2D eigenvalue weighted by atomic mass is 16.5. The van der Waals surface area contributed by atoms with Gasteiger partial charge in [0.25, 0.3) is 0 Å². The lowest BCUT2D eigenvalue weighted by Crippen LogP contribution is -2.58. The van der Waals surface area contributed by atoms with Crippen molar-refractivity contribution in [1.29, 1.82) is 0 Å². The van der Waals surface area contributed by atoms with Crippen molar-refractivity contribution in [3.05, 3.63) is 42.5 Å². The molecule has 2 rings (SSSR count). The van der Waals surface area contributed by atoms with Gasteiger partial charge in [-0.2, -0.15) is 0 Å². The molecule has 0 spiro atoms. The van der Waals surface area contributed by atoms with E-state index in [1.54, 1.807) is 7.11 Å². The van der Waals surface area contributed by atoms with Gasteiger partial charge in [0.05, 0.1) is 25.9 Å². The Morgan fingerprint density at radius 2 is 2.06 bits per heavy atom. The average Bonchev–Trinajstić information content (AvgIpc) is 2.29. The van der Waals surface area contributed by atoms with Crippen LogP contribution in [-0.4, -0.2) is 38.8 Å². The topological polar surface area (TPSA) is 21.7 Å². The summed E-state index contributed by atoms with van der Waals surface area (Å²) >= 11 is 0. The number of rotatable bonds is 5. The van der Waals surface area contributed by atoms with E-state index in [1.807, 2.05) is 18.2 Å².